The van der Waals surface area contributed by atoms with Crippen molar-refractivity contribution >= 4 is 72.7 Å². The van der Waals surface area contributed by atoms with Crippen molar-refractivity contribution in [2.45, 2.75) is 70.7 Å². The summed E-state index contributed by atoms with van der Waals surface area (Å²) >= 11 is 1.35. The van der Waals surface area contributed by atoms with E-state index in [0.29, 0.717) is 72.6 Å². The van der Waals surface area contributed by atoms with Crippen molar-refractivity contribution in [1.82, 2.24) is 38.9 Å². The van der Waals surface area contributed by atoms with E-state index in [1.54, 1.807) is 42.7 Å². The SMILES string of the molecule is CCN(CC)S(=O)(=O)c1ccc(C(=O)N(Cn2ccc3cccnc32)C2CC2)cc1.CCOc1ccccc1NC(=O)NCCCn1ccc2cccnc21.O=C(COc1ccc(F)cc1)NCc1ccc(C(=O)c2ccccc2)s1. The van der Waals surface area contributed by atoms with Crippen LogP contribution in [0, 0.1) is 5.82 Å². The van der Waals surface area contributed by atoms with E-state index >= 15 is 0 Å². The molecule has 0 aliphatic heterocycles. The summed E-state index contributed by atoms with van der Waals surface area (Å²) in [4.78, 5) is 61.9. The van der Waals surface area contributed by atoms with Crippen LogP contribution < -0.4 is 25.4 Å². The number of amides is 4. The van der Waals surface area contributed by atoms with Gasteiger partial charge in [-0.05, 0) is 135 Å². The number of aryl methyl sites for hydroxylation is 1. The number of halogens is 1. The van der Waals surface area contributed by atoms with Crippen LogP contribution in [-0.2, 0) is 34.6 Å². The maximum atomic E-state index is 13.2. The van der Waals surface area contributed by atoms with Crippen molar-refractivity contribution in [3.63, 3.8) is 0 Å². The fraction of sp³-hybridized carbons (Fsp3) is 0.246. The number of anilines is 1. The van der Waals surface area contributed by atoms with Crippen LogP contribution >= 0.6 is 11.3 Å². The molecule has 0 spiro atoms. The van der Waals surface area contributed by atoms with Gasteiger partial charge in [-0.25, -0.2) is 27.6 Å². The highest BCUT2D eigenvalue weighted by atomic mass is 32.2. The fourth-order valence-electron chi connectivity index (χ4n) is 8.59. The van der Waals surface area contributed by atoms with Crippen LogP contribution in [0.5, 0.6) is 11.5 Å². The molecule has 0 radical (unpaired) electrons. The van der Waals surface area contributed by atoms with E-state index in [4.69, 9.17) is 9.47 Å². The number of ether oxygens (including phenoxy) is 2. The number of hydrogen-bond acceptors (Lipinski definition) is 11. The molecule has 420 valence electrons. The summed E-state index contributed by atoms with van der Waals surface area (Å²) in [6.07, 6.45) is 10.3. The second kappa shape index (κ2) is 28.4. The lowest BCUT2D eigenvalue weighted by Crippen LogP contribution is -2.35. The van der Waals surface area contributed by atoms with Crippen molar-refractivity contribution in [2.75, 3.05) is 38.2 Å². The van der Waals surface area contributed by atoms with Gasteiger partial charge in [0.05, 0.1) is 35.3 Å². The predicted octanol–water partition coefficient (Wildman–Crippen LogP) is 10.8. The summed E-state index contributed by atoms with van der Waals surface area (Å²) in [5, 5.41) is 10.6. The van der Waals surface area contributed by atoms with Gasteiger partial charge in [0.15, 0.2) is 6.61 Å². The molecule has 9 aromatic rings. The Labute approximate surface area is 474 Å². The van der Waals surface area contributed by atoms with Gasteiger partial charge in [-0.15, -0.1) is 11.3 Å². The minimum Gasteiger partial charge on any atom is -0.492 e. The van der Waals surface area contributed by atoms with E-state index in [-0.39, 0.29) is 47.0 Å². The van der Waals surface area contributed by atoms with Crippen molar-refractivity contribution in [2.24, 2.45) is 0 Å². The second-order valence-electron chi connectivity index (χ2n) is 18.5. The summed E-state index contributed by atoms with van der Waals surface area (Å²) in [6.45, 7) is 8.87. The van der Waals surface area contributed by atoms with Crippen LogP contribution in [0.1, 0.15) is 70.5 Å². The normalized spacial score (nSPS) is 11.9. The minimum absolute atomic E-state index is 0.0344. The predicted molar refractivity (Wildman–Crippen MR) is 312 cm³/mol. The lowest BCUT2D eigenvalue weighted by molar-refractivity contribution is -0.123. The average molecular weight is 1130 g/mol. The lowest BCUT2D eigenvalue weighted by atomic mass is 10.1. The number of carbonyl (C=O) groups is 4. The molecule has 3 N–H and O–H groups in total. The van der Waals surface area contributed by atoms with E-state index in [0.717, 1.165) is 52.8 Å². The minimum atomic E-state index is -3.54. The Hall–Kier alpha value is -8.72. The summed E-state index contributed by atoms with van der Waals surface area (Å²) in [5.41, 5.74) is 3.61. The Morgan fingerprint density at radius 3 is 2.02 bits per heavy atom. The van der Waals surface area contributed by atoms with Crippen LogP contribution in [0.3, 0.4) is 0 Å². The number of urea groups is 1. The zero-order valence-electron chi connectivity index (χ0n) is 45.2. The third kappa shape index (κ3) is 16.0. The Morgan fingerprint density at radius 1 is 0.704 bits per heavy atom. The number of nitrogens with one attached hydrogen (secondary N) is 3. The Bertz CT molecular complexity index is 3640. The number of ketones is 1. The molecule has 0 atom stereocenters. The van der Waals surface area contributed by atoms with Crippen LogP contribution in [-0.4, -0.2) is 99.2 Å². The summed E-state index contributed by atoms with van der Waals surface area (Å²) in [5.74, 6) is 0.312. The van der Waals surface area contributed by atoms with Gasteiger partial charge in [-0.1, -0.05) is 56.3 Å². The van der Waals surface area contributed by atoms with E-state index in [1.807, 2.05) is 128 Å². The summed E-state index contributed by atoms with van der Waals surface area (Å²) in [7, 11) is -3.54. The van der Waals surface area contributed by atoms with Gasteiger partial charge < -0.3 is 39.5 Å². The number of aromatic nitrogens is 4. The highest BCUT2D eigenvalue weighted by Gasteiger charge is 2.34. The highest BCUT2D eigenvalue weighted by Crippen LogP contribution is 2.30. The number of hydrogen-bond donors (Lipinski definition) is 3. The zero-order chi connectivity index (χ0) is 57.1. The molecule has 0 unspecified atom stereocenters. The summed E-state index contributed by atoms with van der Waals surface area (Å²) in [6, 6.07) is 43.6. The van der Waals surface area contributed by atoms with Crippen molar-refractivity contribution in [3.05, 3.63) is 203 Å². The molecule has 20 heteroatoms. The van der Waals surface area contributed by atoms with Crippen LogP contribution in [0.25, 0.3) is 22.1 Å². The largest absolute Gasteiger partial charge is 0.492 e. The number of rotatable bonds is 22. The van der Waals surface area contributed by atoms with E-state index in [1.165, 1.54) is 52.0 Å². The number of fused-ring (bicyclic) bond motifs is 2. The molecular weight excluding hydrogens is 1070 g/mol. The quantitative estimate of drug-likeness (QED) is 0.0433. The molecule has 1 aliphatic rings. The van der Waals surface area contributed by atoms with Crippen molar-refractivity contribution in [1.29, 1.82) is 0 Å². The lowest BCUT2D eigenvalue weighted by Gasteiger charge is -2.24. The molecule has 0 saturated heterocycles. The number of para-hydroxylation sites is 2. The molecule has 1 saturated carbocycles. The first-order chi connectivity index (χ1) is 39.3. The molecule has 4 amide bonds. The average Bonchev–Trinajstić information content (AvgIpc) is 3.97. The van der Waals surface area contributed by atoms with Gasteiger partial charge in [0.2, 0.25) is 15.8 Å². The first kappa shape index (κ1) is 58.4. The zero-order valence-corrected chi connectivity index (χ0v) is 46.9. The Morgan fingerprint density at radius 2 is 1.36 bits per heavy atom. The molecule has 0 bridgehead atoms. The first-order valence-electron chi connectivity index (χ1n) is 26.7. The monoisotopic (exact) mass is 1130 g/mol. The number of sulfonamides is 1. The standard InChI is InChI=1S/C22H26N4O3S.C20H16FNO3S.C19H22N4O2/c1-3-25(4-2)30(28,29)20-11-7-18(8-12-20)22(27)26(19-9-10-19)16-24-15-13-17-6-5-14-23-21(17)24;21-15-6-8-16(9-7-15)25-13-19(23)22-12-17-10-11-18(26-17)20(24)14-4-2-1-3-5-14;1-2-25-17-9-4-3-8-16(17)22-19(24)21-12-6-13-23-14-10-15-7-5-11-20-18(15)23/h5-8,11-15,19H,3-4,9-10,16H2,1-2H3;1-11H,12-13H2,(H,22,23);3-5,7-11,14H,2,6,12-13H2,1H3,(H2,21,22,24). The van der Waals surface area contributed by atoms with Crippen molar-refractivity contribution in [3.8, 4) is 11.5 Å². The van der Waals surface area contributed by atoms with E-state index < -0.39 is 10.0 Å². The van der Waals surface area contributed by atoms with Gasteiger partial charge in [0, 0.05) is 83.8 Å². The number of nitrogens with zero attached hydrogens (tertiary/aromatic N) is 6. The number of benzene rings is 4. The van der Waals surface area contributed by atoms with Gasteiger partial charge in [-0.3, -0.25) is 14.4 Å². The topological polar surface area (TPSA) is 199 Å². The van der Waals surface area contributed by atoms with E-state index in [2.05, 4.69) is 30.5 Å². The van der Waals surface area contributed by atoms with Gasteiger partial charge >= 0.3 is 6.03 Å². The number of thiophene rings is 1. The third-order valence-electron chi connectivity index (χ3n) is 12.9. The molecule has 1 fully saturated rings. The smallest absolute Gasteiger partial charge is 0.319 e. The van der Waals surface area contributed by atoms with Gasteiger partial charge in [0.1, 0.15) is 28.6 Å². The van der Waals surface area contributed by atoms with E-state index in [9.17, 15) is 32.0 Å². The van der Waals surface area contributed by atoms with Crippen LogP contribution in [0.2, 0.25) is 0 Å². The molecule has 81 heavy (non-hydrogen) atoms. The van der Waals surface area contributed by atoms with Gasteiger partial charge in [-0.2, -0.15) is 4.31 Å². The maximum Gasteiger partial charge on any atom is 0.319 e. The third-order valence-corrected chi connectivity index (χ3v) is 16.1. The summed E-state index contributed by atoms with van der Waals surface area (Å²) < 4.78 is 54.4. The first-order valence-corrected chi connectivity index (χ1v) is 28.9. The maximum absolute atomic E-state index is 13.2. The highest BCUT2D eigenvalue weighted by molar-refractivity contribution is 7.89. The molecule has 5 aromatic heterocycles. The molecule has 5 heterocycles. The fourth-order valence-corrected chi connectivity index (χ4v) is 11.0. The molecule has 4 aromatic carbocycles. The molecule has 17 nitrogen and oxygen atoms in total. The Kier molecular flexibility index (Phi) is 20.5. The molecular formula is C61H64FN9O8S2. The van der Waals surface area contributed by atoms with Gasteiger partial charge in [0.25, 0.3) is 11.8 Å². The number of carbonyl (C=O) groups excluding carboxylic acids is 4. The number of pyridine rings is 2. The van der Waals surface area contributed by atoms with Crippen molar-refractivity contribution < 1.29 is 41.5 Å². The van der Waals surface area contributed by atoms with Crippen LogP contribution in [0.4, 0.5) is 14.9 Å². The second-order valence-corrected chi connectivity index (χ2v) is 21.6. The van der Waals surface area contributed by atoms with Crippen LogP contribution in [0.15, 0.2) is 181 Å². The Balaban J connectivity index is 0.000000160. The molecule has 10 rings (SSSR count). The molecule has 1 aliphatic carbocycles.